The number of aliphatic hydroxyl groups excluding tert-OH is 1. The fourth-order valence-electron chi connectivity index (χ4n) is 2.02. The van der Waals surface area contributed by atoms with Crippen LogP contribution in [0, 0.1) is 5.82 Å². The Kier molecular flexibility index (Phi) is 4.56. The van der Waals surface area contributed by atoms with Crippen LogP contribution in [-0.2, 0) is 13.2 Å². The fraction of sp³-hybridized carbons (Fsp3) is 0.200. The van der Waals surface area contributed by atoms with Gasteiger partial charge in [0.2, 0.25) is 0 Å². The lowest BCUT2D eigenvalue weighted by atomic mass is 10.1. The van der Waals surface area contributed by atoms with Crippen LogP contribution in [0.1, 0.15) is 11.1 Å². The predicted octanol–water partition coefficient (Wildman–Crippen LogP) is 3.72. The van der Waals surface area contributed by atoms with Gasteiger partial charge in [0, 0.05) is 34.9 Å². The molecule has 0 aliphatic carbocycles. The summed E-state index contributed by atoms with van der Waals surface area (Å²) in [6.07, 6.45) is 0. The molecule has 0 bridgehead atoms. The van der Waals surface area contributed by atoms with Crippen LogP contribution in [0.3, 0.4) is 0 Å². The molecule has 0 heterocycles. The number of anilines is 1. The molecule has 100 valence electrons. The Morgan fingerprint density at radius 1 is 1.16 bits per heavy atom. The number of nitrogens with zero attached hydrogens (tertiary/aromatic N) is 1. The van der Waals surface area contributed by atoms with Gasteiger partial charge in [0.15, 0.2) is 0 Å². The first kappa shape index (κ1) is 14.0. The highest BCUT2D eigenvalue weighted by Crippen LogP contribution is 2.25. The molecule has 0 atom stereocenters. The van der Waals surface area contributed by atoms with E-state index in [-0.39, 0.29) is 12.4 Å². The summed E-state index contributed by atoms with van der Waals surface area (Å²) in [5.41, 5.74) is 2.35. The average Bonchev–Trinajstić information content (AvgIpc) is 2.41. The molecule has 0 saturated carbocycles. The molecule has 0 amide bonds. The number of rotatable bonds is 4. The minimum Gasteiger partial charge on any atom is -0.392 e. The molecule has 0 saturated heterocycles. The molecule has 0 spiro atoms. The molecule has 0 radical (unpaired) electrons. The van der Waals surface area contributed by atoms with E-state index in [1.165, 1.54) is 6.07 Å². The Balaban J connectivity index is 2.25. The topological polar surface area (TPSA) is 23.5 Å². The molecular weight excluding hydrogens is 309 g/mol. The third kappa shape index (κ3) is 3.33. The van der Waals surface area contributed by atoms with Crippen LogP contribution in [0.25, 0.3) is 0 Å². The highest BCUT2D eigenvalue weighted by molar-refractivity contribution is 9.10. The van der Waals surface area contributed by atoms with Crippen molar-refractivity contribution in [2.24, 2.45) is 0 Å². The summed E-state index contributed by atoms with van der Waals surface area (Å²) in [5.74, 6) is -0.211. The van der Waals surface area contributed by atoms with Gasteiger partial charge in [-0.05, 0) is 24.3 Å². The normalized spacial score (nSPS) is 10.5. The predicted molar refractivity (Wildman–Crippen MR) is 78.6 cm³/mol. The van der Waals surface area contributed by atoms with Gasteiger partial charge in [-0.25, -0.2) is 4.39 Å². The Morgan fingerprint density at radius 3 is 2.58 bits per heavy atom. The first-order chi connectivity index (χ1) is 9.11. The molecule has 2 aromatic carbocycles. The standard InChI is InChI=1S/C15H15BrFNO/c1-18(9-11-4-2-3-5-14(11)17)15-7-6-13(16)8-12(15)10-19/h2-8,19H,9-10H2,1H3. The van der Waals surface area contributed by atoms with E-state index in [4.69, 9.17) is 0 Å². The maximum Gasteiger partial charge on any atom is 0.128 e. The minimum absolute atomic E-state index is 0.0453. The molecule has 0 aromatic heterocycles. The first-order valence-corrected chi connectivity index (χ1v) is 6.75. The van der Waals surface area contributed by atoms with E-state index in [1.807, 2.05) is 36.2 Å². The van der Waals surface area contributed by atoms with E-state index in [9.17, 15) is 9.50 Å². The van der Waals surface area contributed by atoms with Crippen LogP contribution in [0.5, 0.6) is 0 Å². The second-order valence-corrected chi connectivity index (χ2v) is 5.29. The summed E-state index contributed by atoms with van der Waals surface area (Å²) in [7, 11) is 1.88. The van der Waals surface area contributed by atoms with E-state index >= 15 is 0 Å². The number of halogens is 2. The third-order valence-electron chi connectivity index (χ3n) is 2.99. The molecule has 2 aromatic rings. The lowest BCUT2D eigenvalue weighted by molar-refractivity contribution is 0.282. The molecule has 2 rings (SSSR count). The van der Waals surface area contributed by atoms with Crippen molar-refractivity contribution in [3.8, 4) is 0 Å². The Hall–Kier alpha value is -1.39. The van der Waals surface area contributed by atoms with Gasteiger partial charge >= 0.3 is 0 Å². The average molecular weight is 324 g/mol. The van der Waals surface area contributed by atoms with Crippen LogP contribution < -0.4 is 4.90 Å². The minimum atomic E-state index is -0.211. The van der Waals surface area contributed by atoms with Crippen molar-refractivity contribution in [1.82, 2.24) is 0 Å². The highest BCUT2D eigenvalue weighted by Gasteiger charge is 2.10. The monoisotopic (exact) mass is 323 g/mol. The second kappa shape index (κ2) is 6.17. The summed E-state index contributed by atoms with van der Waals surface area (Å²) in [6, 6.07) is 12.4. The molecule has 0 aliphatic rings. The maximum atomic E-state index is 13.6. The lowest BCUT2D eigenvalue weighted by Gasteiger charge is -2.22. The van der Waals surface area contributed by atoms with Crippen molar-refractivity contribution < 1.29 is 9.50 Å². The molecule has 2 nitrogen and oxygen atoms in total. The van der Waals surface area contributed by atoms with Crippen LogP contribution in [0.2, 0.25) is 0 Å². The third-order valence-corrected chi connectivity index (χ3v) is 3.48. The van der Waals surface area contributed by atoms with Gasteiger partial charge < -0.3 is 10.0 Å². The number of hydrogen-bond donors (Lipinski definition) is 1. The number of hydrogen-bond acceptors (Lipinski definition) is 2. The maximum absolute atomic E-state index is 13.6. The van der Waals surface area contributed by atoms with Gasteiger partial charge in [0.25, 0.3) is 0 Å². The van der Waals surface area contributed by atoms with Crippen molar-refractivity contribution >= 4 is 21.6 Å². The summed E-state index contributed by atoms with van der Waals surface area (Å²) in [4.78, 5) is 1.93. The molecule has 0 aliphatic heterocycles. The molecule has 0 unspecified atom stereocenters. The molecule has 0 fully saturated rings. The van der Waals surface area contributed by atoms with E-state index in [2.05, 4.69) is 15.9 Å². The summed E-state index contributed by atoms with van der Waals surface area (Å²) in [5, 5.41) is 9.39. The highest BCUT2D eigenvalue weighted by atomic mass is 79.9. The largest absolute Gasteiger partial charge is 0.392 e. The Labute approximate surface area is 120 Å². The zero-order chi connectivity index (χ0) is 13.8. The van der Waals surface area contributed by atoms with Crippen molar-refractivity contribution in [2.75, 3.05) is 11.9 Å². The zero-order valence-corrected chi connectivity index (χ0v) is 12.2. The quantitative estimate of drug-likeness (QED) is 0.927. The van der Waals surface area contributed by atoms with Gasteiger partial charge in [-0.2, -0.15) is 0 Å². The summed E-state index contributed by atoms with van der Waals surface area (Å²) in [6.45, 7) is 0.414. The number of aliphatic hydroxyl groups is 1. The molecule has 4 heteroatoms. The van der Waals surface area contributed by atoms with Crippen LogP contribution in [0.15, 0.2) is 46.9 Å². The Bertz CT molecular complexity index is 574. The van der Waals surface area contributed by atoms with Gasteiger partial charge in [-0.3, -0.25) is 0 Å². The fourth-order valence-corrected chi connectivity index (χ4v) is 2.43. The summed E-state index contributed by atoms with van der Waals surface area (Å²) < 4.78 is 14.5. The van der Waals surface area contributed by atoms with Crippen LogP contribution >= 0.6 is 15.9 Å². The molecule has 19 heavy (non-hydrogen) atoms. The lowest BCUT2D eigenvalue weighted by Crippen LogP contribution is -2.18. The van der Waals surface area contributed by atoms with Gasteiger partial charge in [-0.1, -0.05) is 34.1 Å². The van der Waals surface area contributed by atoms with Crippen molar-refractivity contribution in [3.05, 3.63) is 63.9 Å². The van der Waals surface area contributed by atoms with Crippen LogP contribution in [0.4, 0.5) is 10.1 Å². The second-order valence-electron chi connectivity index (χ2n) is 4.38. The van der Waals surface area contributed by atoms with E-state index in [0.29, 0.717) is 12.1 Å². The van der Waals surface area contributed by atoms with Crippen LogP contribution in [-0.4, -0.2) is 12.2 Å². The van der Waals surface area contributed by atoms with Gasteiger partial charge in [0.05, 0.1) is 6.61 Å². The van der Waals surface area contributed by atoms with Crippen molar-refractivity contribution in [2.45, 2.75) is 13.2 Å². The smallest absolute Gasteiger partial charge is 0.128 e. The van der Waals surface area contributed by atoms with Gasteiger partial charge in [0.1, 0.15) is 5.82 Å². The van der Waals surface area contributed by atoms with Crippen molar-refractivity contribution in [1.29, 1.82) is 0 Å². The number of benzene rings is 2. The molecular formula is C15H15BrFNO. The van der Waals surface area contributed by atoms with Crippen molar-refractivity contribution in [3.63, 3.8) is 0 Å². The summed E-state index contributed by atoms with van der Waals surface area (Å²) >= 11 is 3.38. The molecule has 1 N–H and O–H groups in total. The SMILES string of the molecule is CN(Cc1ccccc1F)c1ccc(Br)cc1CO. The van der Waals surface area contributed by atoms with E-state index in [0.717, 1.165) is 15.7 Å². The van der Waals surface area contributed by atoms with Gasteiger partial charge in [-0.15, -0.1) is 0 Å². The zero-order valence-electron chi connectivity index (χ0n) is 10.6. The Morgan fingerprint density at radius 2 is 1.89 bits per heavy atom. The first-order valence-electron chi connectivity index (χ1n) is 5.95. The van der Waals surface area contributed by atoms with E-state index < -0.39 is 0 Å². The van der Waals surface area contributed by atoms with E-state index in [1.54, 1.807) is 12.1 Å².